The van der Waals surface area contributed by atoms with Crippen molar-refractivity contribution in [1.29, 1.82) is 0 Å². The Labute approximate surface area is 226 Å². The number of amides is 1. The molecule has 11 nitrogen and oxygen atoms in total. The number of aromatic nitrogens is 5. The maximum Gasteiger partial charge on any atom is 0.412 e. The highest BCUT2D eigenvalue weighted by atomic mass is 35.5. The lowest BCUT2D eigenvalue weighted by atomic mass is 9.94. The monoisotopic (exact) mass is 544 g/mol. The Bertz CT molecular complexity index is 1710. The highest BCUT2D eigenvalue weighted by Crippen LogP contribution is 2.48. The minimum Gasteiger partial charge on any atom is -0.481 e. The number of ether oxygens (including phenoxy) is 1. The Morgan fingerprint density at radius 1 is 1.13 bits per heavy atom. The number of aliphatic carboxylic acids is 1. The van der Waals surface area contributed by atoms with Gasteiger partial charge in [0.2, 0.25) is 11.6 Å². The van der Waals surface area contributed by atoms with Crippen LogP contribution in [0.5, 0.6) is 0 Å². The van der Waals surface area contributed by atoms with Crippen LogP contribution < -0.4 is 5.32 Å². The molecule has 1 amide bonds. The predicted molar refractivity (Wildman–Crippen MR) is 140 cm³/mol. The summed E-state index contributed by atoms with van der Waals surface area (Å²) in [6, 6.07) is 14.5. The zero-order chi connectivity index (χ0) is 27.1. The van der Waals surface area contributed by atoms with Gasteiger partial charge in [-0.1, -0.05) is 59.2 Å². The number of hydrogen-bond donors (Lipinski definition) is 2. The van der Waals surface area contributed by atoms with Crippen LogP contribution in [0.2, 0.25) is 5.02 Å². The van der Waals surface area contributed by atoms with Crippen LogP contribution in [-0.4, -0.2) is 41.9 Å². The van der Waals surface area contributed by atoms with E-state index < -0.39 is 23.6 Å². The summed E-state index contributed by atoms with van der Waals surface area (Å²) in [6.45, 7) is 1.72. The van der Waals surface area contributed by atoms with Gasteiger partial charge >= 0.3 is 12.1 Å². The molecule has 0 aliphatic heterocycles. The van der Waals surface area contributed by atoms with Crippen molar-refractivity contribution in [1.82, 2.24) is 24.7 Å². The lowest BCUT2D eigenvalue weighted by Crippen LogP contribution is -2.19. The molecular formula is C27H21ClN6O5. The van der Waals surface area contributed by atoms with E-state index in [0.717, 1.165) is 11.1 Å². The first-order valence-corrected chi connectivity index (χ1v) is 12.5. The molecule has 3 heterocycles. The molecule has 2 aromatic carbocycles. The summed E-state index contributed by atoms with van der Waals surface area (Å²) in [5.74, 6) is -0.385. The fourth-order valence-corrected chi connectivity index (χ4v) is 4.84. The fourth-order valence-electron chi connectivity index (χ4n) is 4.55. The largest absolute Gasteiger partial charge is 0.481 e. The Hall–Kier alpha value is -4.77. The molecule has 1 aliphatic rings. The SMILES string of the molecule is CC(OC(=O)Nc1cnoc1-c1ncc(-c2ccc(C3(C(=O)O)CC3)cc2)c2ncnn12)c1ccccc1Cl. The van der Waals surface area contributed by atoms with Gasteiger partial charge in [-0.3, -0.25) is 10.1 Å². The van der Waals surface area contributed by atoms with Crippen molar-refractivity contribution in [2.24, 2.45) is 0 Å². The normalized spacial score (nSPS) is 14.6. The molecule has 1 aliphatic carbocycles. The van der Waals surface area contributed by atoms with Crippen LogP contribution in [0.3, 0.4) is 0 Å². The highest BCUT2D eigenvalue weighted by Gasteiger charge is 2.51. The van der Waals surface area contributed by atoms with Crippen molar-refractivity contribution in [2.45, 2.75) is 31.3 Å². The standard InChI is InChI=1S/C27H21ClN6O5/c1-15(18-4-2-3-5-20(18)28)38-26(37)33-21-13-32-39-22(21)24-29-12-19(23-30-14-31-34(23)24)16-6-8-17(9-7-16)27(10-11-27)25(35)36/h2-9,12-15H,10-11H2,1H3,(H,33,37)(H,35,36). The summed E-state index contributed by atoms with van der Waals surface area (Å²) in [4.78, 5) is 33.2. The number of fused-ring (bicyclic) bond motifs is 1. The highest BCUT2D eigenvalue weighted by molar-refractivity contribution is 6.31. The van der Waals surface area contributed by atoms with E-state index in [1.165, 1.54) is 17.0 Å². The van der Waals surface area contributed by atoms with Crippen molar-refractivity contribution < 1.29 is 24.0 Å². The molecule has 0 spiro atoms. The van der Waals surface area contributed by atoms with Crippen LogP contribution in [0.25, 0.3) is 28.4 Å². The minimum atomic E-state index is -0.806. The number of nitrogens with zero attached hydrogens (tertiary/aromatic N) is 5. The average molecular weight is 545 g/mol. The van der Waals surface area contributed by atoms with Crippen LogP contribution in [0.15, 0.2) is 71.8 Å². The third kappa shape index (κ3) is 4.36. The smallest absolute Gasteiger partial charge is 0.412 e. The molecule has 2 N–H and O–H groups in total. The first-order valence-electron chi connectivity index (χ1n) is 12.1. The maximum atomic E-state index is 12.6. The summed E-state index contributed by atoms with van der Waals surface area (Å²) >= 11 is 6.21. The van der Waals surface area contributed by atoms with Crippen LogP contribution in [-0.2, 0) is 14.9 Å². The summed E-state index contributed by atoms with van der Waals surface area (Å²) < 4.78 is 12.4. The van der Waals surface area contributed by atoms with Crippen molar-refractivity contribution in [3.63, 3.8) is 0 Å². The van der Waals surface area contributed by atoms with Gasteiger partial charge in [0.25, 0.3) is 0 Å². The second kappa shape index (κ2) is 9.52. The van der Waals surface area contributed by atoms with Crippen molar-refractivity contribution >= 4 is 35.0 Å². The Kier molecular flexibility index (Phi) is 5.99. The van der Waals surface area contributed by atoms with E-state index in [0.29, 0.717) is 34.6 Å². The Morgan fingerprint density at radius 2 is 1.90 bits per heavy atom. The summed E-state index contributed by atoms with van der Waals surface area (Å²) in [5.41, 5.74) is 2.86. The average Bonchev–Trinajstić information content (AvgIpc) is 3.38. The lowest BCUT2D eigenvalue weighted by Gasteiger charge is -2.15. The lowest BCUT2D eigenvalue weighted by molar-refractivity contribution is -0.140. The first-order chi connectivity index (χ1) is 18.9. The number of anilines is 1. The van der Waals surface area contributed by atoms with E-state index in [4.69, 9.17) is 20.9 Å². The number of rotatable bonds is 7. The number of carboxylic acid groups (broad SMARTS) is 1. The summed E-state index contributed by atoms with van der Waals surface area (Å²) in [7, 11) is 0. The van der Waals surface area contributed by atoms with E-state index >= 15 is 0 Å². The minimum absolute atomic E-state index is 0.159. The van der Waals surface area contributed by atoms with Gasteiger partial charge in [0.1, 0.15) is 18.1 Å². The molecule has 39 heavy (non-hydrogen) atoms. The molecule has 1 unspecified atom stereocenters. The first kappa shape index (κ1) is 24.6. The maximum absolute atomic E-state index is 12.6. The van der Waals surface area contributed by atoms with Gasteiger partial charge < -0.3 is 14.4 Å². The molecule has 1 fully saturated rings. The third-order valence-corrected chi connectivity index (χ3v) is 7.19. The second-order valence-electron chi connectivity index (χ2n) is 9.22. The van der Waals surface area contributed by atoms with Crippen molar-refractivity contribution in [3.05, 3.63) is 83.4 Å². The number of halogens is 1. The van der Waals surface area contributed by atoms with E-state index in [-0.39, 0.29) is 17.3 Å². The molecular weight excluding hydrogens is 524 g/mol. The van der Waals surface area contributed by atoms with Gasteiger partial charge in [-0.15, -0.1) is 0 Å². The number of hydrogen-bond acceptors (Lipinski definition) is 8. The molecule has 12 heteroatoms. The molecule has 1 saturated carbocycles. The molecule has 3 aromatic heterocycles. The van der Waals surface area contributed by atoms with Gasteiger partial charge in [-0.25, -0.2) is 14.8 Å². The quantitative estimate of drug-likeness (QED) is 0.270. The van der Waals surface area contributed by atoms with Gasteiger partial charge in [-0.2, -0.15) is 9.61 Å². The van der Waals surface area contributed by atoms with Gasteiger partial charge in [-0.05, 0) is 37.0 Å². The van der Waals surface area contributed by atoms with E-state index in [9.17, 15) is 14.7 Å². The topological polar surface area (TPSA) is 145 Å². The van der Waals surface area contributed by atoms with Crippen molar-refractivity contribution in [2.75, 3.05) is 5.32 Å². The van der Waals surface area contributed by atoms with Crippen LogP contribution in [0, 0.1) is 0 Å². The summed E-state index contributed by atoms with van der Waals surface area (Å²) in [5, 5.41) is 20.8. The number of nitrogens with one attached hydrogen (secondary N) is 1. The van der Waals surface area contributed by atoms with E-state index in [2.05, 4.69) is 25.5 Å². The predicted octanol–water partition coefficient (Wildman–Crippen LogP) is 5.53. The molecule has 196 valence electrons. The molecule has 1 atom stereocenters. The third-order valence-electron chi connectivity index (χ3n) is 6.85. The number of carbonyl (C=O) groups excluding carboxylic acids is 1. The van der Waals surface area contributed by atoms with Gasteiger partial charge in [0, 0.05) is 22.3 Å². The van der Waals surface area contributed by atoms with E-state index in [1.807, 2.05) is 30.3 Å². The van der Waals surface area contributed by atoms with Crippen LogP contribution in [0.4, 0.5) is 10.5 Å². The zero-order valence-corrected chi connectivity index (χ0v) is 21.3. The number of carboxylic acids is 1. The van der Waals surface area contributed by atoms with Crippen molar-refractivity contribution in [3.8, 4) is 22.7 Å². The summed E-state index contributed by atoms with van der Waals surface area (Å²) in [6.07, 6.45) is 4.27. The molecule has 0 saturated heterocycles. The van der Waals surface area contributed by atoms with E-state index in [1.54, 1.807) is 31.3 Å². The molecule has 6 rings (SSSR count). The Balaban J connectivity index is 1.26. The number of benzene rings is 2. The fraction of sp³-hybridized carbons (Fsp3) is 0.185. The molecule has 5 aromatic rings. The van der Waals surface area contributed by atoms with Gasteiger partial charge in [0.05, 0.1) is 11.6 Å². The second-order valence-corrected chi connectivity index (χ2v) is 9.63. The van der Waals surface area contributed by atoms with Crippen LogP contribution in [0.1, 0.15) is 37.0 Å². The number of carbonyl (C=O) groups is 2. The zero-order valence-electron chi connectivity index (χ0n) is 20.5. The molecule has 0 radical (unpaired) electrons. The molecule has 0 bridgehead atoms. The van der Waals surface area contributed by atoms with Crippen LogP contribution >= 0.6 is 11.6 Å². The van der Waals surface area contributed by atoms with Gasteiger partial charge in [0.15, 0.2) is 5.65 Å². The Morgan fingerprint density at radius 3 is 2.62 bits per heavy atom.